The second-order valence-electron chi connectivity index (χ2n) is 6.19. The number of aliphatic hydroxyl groups is 1. The molecule has 114 valence electrons. The molecule has 1 aromatic heterocycles. The predicted octanol–water partition coefficient (Wildman–Crippen LogP) is 2.60. The van der Waals surface area contributed by atoms with E-state index in [2.05, 4.69) is 24.5 Å². The SMILES string of the molecule is Cc1ccc(C)n1NCC(O)COC1CCCC(C)C1. The highest BCUT2D eigenvalue weighted by molar-refractivity contribution is 5.15. The normalized spacial score (nSPS) is 24.6. The predicted molar refractivity (Wildman–Crippen MR) is 81.5 cm³/mol. The Morgan fingerprint density at radius 3 is 2.70 bits per heavy atom. The molecule has 1 aliphatic rings. The van der Waals surface area contributed by atoms with Gasteiger partial charge in [0.1, 0.15) is 0 Å². The summed E-state index contributed by atoms with van der Waals surface area (Å²) < 4.78 is 7.85. The van der Waals surface area contributed by atoms with Crippen molar-refractivity contribution in [1.29, 1.82) is 0 Å². The van der Waals surface area contributed by atoms with Gasteiger partial charge >= 0.3 is 0 Å². The molecule has 4 nitrogen and oxygen atoms in total. The number of rotatable bonds is 6. The summed E-state index contributed by atoms with van der Waals surface area (Å²) in [7, 11) is 0. The molecule has 2 N–H and O–H groups in total. The first kappa shape index (κ1) is 15.4. The fourth-order valence-electron chi connectivity index (χ4n) is 2.95. The fraction of sp³-hybridized carbons (Fsp3) is 0.750. The number of ether oxygens (including phenoxy) is 1. The summed E-state index contributed by atoms with van der Waals surface area (Å²) in [5.41, 5.74) is 5.54. The number of aryl methyl sites for hydroxylation is 2. The Labute approximate surface area is 122 Å². The monoisotopic (exact) mass is 280 g/mol. The van der Waals surface area contributed by atoms with Gasteiger partial charge in [-0.05, 0) is 44.7 Å². The van der Waals surface area contributed by atoms with Gasteiger partial charge in [0.2, 0.25) is 0 Å². The molecule has 0 spiro atoms. The van der Waals surface area contributed by atoms with Crippen LogP contribution in [0.3, 0.4) is 0 Å². The smallest absolute Gasteiger partial charge is 0.0961 e. The lowest BCUT2D eigenvalue weighted by molar-refractivity contribution is -0.0280. The van der Waals surface area contributed by atoms with Crippen LogP contribution in [0.2, 0.25) is 0 Å². The number of nitrogens with one attached hydrogen (secondary N) is 1. The molecule has 4 heteroatoms. The first-order valence-electron chi connectivity index (χ1n) is 7.74. The summed E-state index contributed by atoms with van der Waals surface area (Å²) in [6, 6.07) is 4.13. The minimum absolute atomic E-state index is 0.337. The number of aliphatic hydroxyl groups excluding tert-OH is 1. The zero-order chi connectivity index (χ0) is 14.5. The first-order valence-corrected chi connectivity index (χ1v) is 7.74. The molecule has 1 aliphatic carbocycles. The Morgan fingerprint density at radius 1 is 1.35 bits per heavy atom. The molecule has 1 aromatic rings. The summed E-state index contributed by atoms with van der Waals surface area (Å²) >= 11 is 0. The van der Waals surface area contributed by atoms with E-state index in [1.54, 1.807) is 0 Å². The van der Waals surface area contributed by atoms with Gasteiger partial charge in [0.15, 0.2) is 0 Å². The summed E-state index contributed by atoms with van der Waals surface area (Å²) in [4.78, 5) is 0. The molecule has 1 saturated carbocycles. The molecule has 0 aliphatic heterocycles. The van der Waals surface area contributed by atoms with Crippen LogP contribution in [0.1, 0.15) is 44.0 Å². The fourth-order valence-corrected chi connectivity index (χ4v) is 2.95. The Hall–Kier alpha value is -1.00. The summed E-state index contributed by atoms with van der Waals surface area (Å²) in [6.07, 6.45) is 4.71. The van der Waals surface area contributed by atoms with E-state index in [4.69, 9.17) is 4.74 Å². The van der Waals surface area contributed by atoms with E-state index < -0.39 is 6.10 Å². The molecular formula is C16H28N2O2. The van der Waals surface area contributed by atoms with Crippen molar-refractivity contribution in [2.45, 2.75) is 58.7 Å². The van der Waals surface area contributed by atoms with E-state index in [0.29, 0.717) is 19.3 Å². The molecule has 1 fully saturated rings. The minimum atomic E-state index is -0.464. The number of aromatic nitrogens is 1. The molecule has 1 heterocycles. The van der Waals surface area contributed by atoms with Gasteiger partial charge < -0.3 is 15.3 Å². The van der Waals surface area contributed by atoms with Gasteiger partial charge in [0.05, 0.1) is 25.4 Å². The molecule has 0 aromatic carbocycles. The zero-order valence-electron chi connectivity index (χ0n) is 12.9. The van der Waals surface area contributed by atoms with Crippen molar-refractivity contribution in [2.75, 3.05) is 18.6 Å². The maximum atomic E-state index is 10.0. The van der Waals surface area contributed by atoms with Crippen molar-refractivity contribution in [1.82, 2.24) is 4.68 Å². The van der Waals surface area contributed by atoms with Crippen LogP contribution in [0.15, 0.2) is 12.1 Å². The van der Waals surface area contributed by atoms with Gasteiger partial charge in [-0.2, -0.15) is 0 Å². The lowest BCUT2D eigenvalue weighted by atomic mass is 9.89. The molecule has 0 bridgehead atoms. The molecule has 0 amide bonds. The highest BCUT2D eigenvalue weighted by Crippen LogP contribution is 2.25. The topological polar surface area (TPSA) is 46.4 Å². The minimum Gasteiger partial charge on any atom is -0.389 e. The van der Waals surface area contributed by atoms with Gasteiger partial charge in [-0.1, -0.05) is 19.8 Å². The van der Waals surface area contributed by atoms with Crippen LogP contribution in [0, 0.1) is 19.8 Å². The van der Waals surface area contributed by atoms with Crippen LogP contribution in [0.25, 0.3) is 0 Å². The molecular weight excluding hydrogens is 252 g/mol. The van der Waals surface area contributed by atoms with E-state index in [0.717, 1.165) is 30.1 Å². The van der Waals surface area contributed by atoms with Crippen molar-refractivity contribution >= 4 is 0 Å². The van der Waals surface area contributed by atoms with Crippen LogP contribution in [0.5, 0.6) is 0 Å². The highest BCUT2D eigenvalue weighted by atomic mass is 16.5. The number of nitrogens with zero attached hydrogens (tertiary/aromatic N) is 1. The molecule has 3 atom stereocenters. The molecule has 2 rings (SSSR count). The molecule has 3 unspecified atom stereocenters. The molecule has 0 saturated heterocycles. The molecule has 20 heavy (non-hydrogen) atoms. The first-order chi connectivity index (χ1) is 9.56. The van der Waals surface area contributed by atoms with E-state index >= 15 is 0 Å². The van der Waals surface area contributed by atoms with Crippen molar-refractivity contribution in [3.63, 3.8) is 0 Å². The average Bonchev–Trinajstić information content (AvgIpc) is 2.74. The van der Waals surface area contributed by atoms with Crippen LogP contribution in [-0.4, -0.2) is 35.1 Å². The van der Waals surface area contributed by atoms with Crippen LogP contribution >= 0.6 is 0 Å². The third-order valence-electron chi connectivity index (χ3n) is 4.17. The standard InChI is InChI=1S/C16H28N2O2/c1-12-5-4-6-16(9-12)20-11-15(19)10-17-18-13(2)7-8-14(18)3/h7-8,12,15-17,19H,4-6,9-11H2,1-3H3. The van der Waals surface area contributed by atoms with Gasteiger partial charge in [0, 0.05) is 11.4 Å². The van der Waals surface area contributed by atoms with E-state index in [1.165, 1.54) is 12.8 Å². The lowest BCUT2D eigenvalue weighted by Crippen LogP contribution is -2.33. The van der Waals surface area contributed by atoms with Crippen molar-refractivity contribution < 1.29 is 9.84 Å². The average molecular weight is 280 g/mol. The van der Waals surface area contributed by atoms with Crippen molar-refractivity contribution in [2.24, 2.45) is 5.92 Å². The van der Waals surface area contributed by atoms with Crippen molar-refractivity contribution in [3.8, 4) is 0 Å². The lowest BCUT2D eigenvalue weighted by Gasteiger charge is -2.27. The maximum absolute atomic E-state index is 10.0. The number of hydrogen-bond acceptors (Lipinski definition) is 3. The van der Waals surface area contributed by atoms with E-state index in [9.17, 15) is 5.11 Å². The van der Waals surface area contributed by atoms with E-state index in [-0.39, 0.29) is 0 Å². The largest absolute Gasteiger partial charge is 0.389 e. The van der Waals surface area contributed by atoms with Crippen molar-refractivity contribution in [3.05, 3.63) is 23.5 Å². The Morgan fingerprint density at radius 2 is 2.05 bits per heavy atom. The Kier molecular flexibility index (Phi) is 5.49. The molecule has 0 radical (unpaired) electrons. The number of hydrogen-bond donors (Lipinski definition) is 2. The third-order valence-corrected chi connectivity index (χ3v) is 4.17. The summed E-state index contributed by atoms with van der Waals surface area (Å²) in [5, 5.41) is 10.0. The third kappa shape index (κ3) is 4.25. The van der Waals surface area contributed by atoms with Crippen LogP contribution in [-0.2, 0) is 4.74 Å². The van der Waals surface area contributed by atoms with Gasteiger partial charge in [-0.25, -0.2) is 0 Å². The van der Waals surface area contributed by atoms with Crippen LogP contribution in [0.4, 0.5) is 0 Å². The van der Waals surface area contributed by atoms with Gasteiger partial charge in [-0.15, -0.1) is 0 Å². The maximum Gasteiger partial charge on any atom is 0.0961 e. The Bertz CT molecular complexity index is 397. The van der Waals surface area contributed by atoms with E-state index in [1.807, 2.05) is 18.5 Å². The summed E-state index contributed by atoms with van der Waals surface area (Å²) in [6.45, 7) is 7.31. The Balaban J connectivity index is 1.69. The second-order valence-corrected chi connectivity index (χ2v) is 6.19. The second kappa shape index (κ2) is 7.14. The van der Waals surface area contributed by atoms with Gasteiger partial charge in [-0.3, -0.25) is 4.68 Å². The zero-order valence-corrected chi connectivity index (χ0v) is 12.9. The van der Waals surface area contributed by atoms with Gasteiger partial charge in [0.25, 0.3) is 0 Å². The highest BCUT2D eigenvalue weighted by Gasteiger charge is 2.20. The summed E-state index contributed by atoms with van der Waals surface area (Å²) in [5.74, 6) is 0.759. The quantitative estimate of drug-likeness (QED) is 0.842. The van der Waals surface area contributed by atoms with Crippen LogP contribution < -0.4 is 5.43 Å².